The van der Waals surface area contributed by atoms with Crippen LogP contribution in [-0.4, -0.2) is 21.8 Å². The normalized spacial score (nSPS) is 15.3. The Labute approximate surface area is 174 Å². The molecule has 2 heterocycles. The molecule has 1 fully saturated rings. The Morgan fingerprint density at radius 3 is 2.53 bits per heavy atom. The lowest BCUT2D eigenvalue weighted by atomic mass is 9.95. The number of nitrogens with zero attached hydrogens (tertiary/aromatic N) is 2. The fourth-order valence-electron chi connectivity index (χ4n) is 3.51. The summed E-state index contributed by atoms with van der Waals surface area (Å²) in [6, 6.07) is 11.1. The molecule has 1 atom stereocenters. The number of oxazole rings is 1. The number of rotatable bonds is 6. The van der Waals surface area contributed by atoms with E-state index in [9.17, 15) is 9.59 Å². The average molecular weight is 404 g/mol. The number of nitrogens with one attached hydrogen (secondary N) is 2. The van der Waals surface area contributed by atoms with Crippen LogP contribution in [0, 0.1) is 13.8 Å². The first-order valence-corrected chi connectivity index (χ1v) is 9.96. The number of pyridine rings is 1. The zero-order valence-electron chi connectivity index (χ0n) is 17.2. The van der Waals surface area contributed by atoms with E-state index in [2.05, 4.69) is 20.6 Å². The lowest BCUT2D eigenvalue weighted by Crippen LogP contribution is -2.36. The zero-order valence-corrected chi connectivity index (χ0v) is 17.2. The Balaban J connectivity index is 1.47. The molecular formula is C23H24N4O3. The lowest BCUT2D eigenvalue weighted by molar-refractivity contribution is -0.124. The van der Waals surface area contributed by atoms with Crippen LogP contribution >= 0.6 is 0 Å². The number of benzene rings is 1. The highest BCUT2D eigenvalue weighted by molar-refractivity contribution is 6.03. The van der Waals surface area contributed by atoms with E-state index < -0.39 is 11.5 Å². The lowest BCUT2D eigenvalue weighted by Gasteiger charge is -2.18. The van der Waals surface area contributed by atoms with Crippen molar-refractivity contribution >= 4 is 17.5 Å². The van der Waals surface area contributed by atoms with Crippen molar-refractivity contribution in [3.05, 3.63) is 77.3 Å². The number of amides is 2. The summed E-state index contributed by atoms with van der Waals surface area (Å²) in [5, 5.41) is 5.80. The van der Waals surface area contributed by atoms with Gasteiger partial charge in [-0.05, 0) is 50.8 Å². The van der Waals surface area contributed by atoms with Crippen molar-refractivity contribution in [1.29, 1.82) is 0 Å². The Hall–Kier alpha value is -3.48. The van der Waals surface area contributed by atoms with Crippen molar-refractivity contribution in [2.75, 3.05) is 5.32 Å². The van der Waals surface area contributed by atoms with Gasteiger partial charge < -0.3 is 15.1 Å². The summed E-state index contributed by atoms with van der Waals surface area (Å²) in [6.07, 6.45) is 4.89. The van der Waals surface area contributed by atoms with E-state index in [4.69, 9.17) is 4.42 Å². The Morgan fingerprint density at radius 2 is 1.87 bits per heavy atom. The predicted octanol–water partition coefficient (Wildman–Crippen LogP) is 3.85. The molecule has 3 aromatic rings. The third kappa shape index (κ3) is 3.70. The topological polar surface area (TPSA) is 97.1 Å². The van der Waals surface area contributed by atoms with Crippen molar-refractivity contribution in [3.63, 3.8) is 0 Å². The number of carbonyl (C=O) groups is 2. The van der Waals surface area contributed by atoms with Crippen LogP contribution in [0.25, 0.3) is 0 Å². The summed E-state index contributed by atoms with van der Waals surface area (Å²) < 4.78 is 5.70. The highest BCUT2D eigenvalue weighted by Gasteiger charge is 2.51. The van der Waals surface area contributed by atoms with Crippen molar-refractivity contribution in [2.24, 2.45) is 0 Å². The number of hydrogen-bond donors (Lipinski definition) is 2. The third-order valence-electron chi connectivity index (χ3n) is 5.54. The fraction of sp³-hybridized carbons (Fsp3) is 0.304. The summed E-state index contributed by atoms with van der Waals surface area (Å²) in [7, 11) is 0. The Bertz CT molecular complexity index is 1090. The molecule has 4 rings (SSSR count). The van der Waals surface area contributed by atoms with Gasteiger partial charge in [-0.2, -0.15) is 0 Å². The van der Waals surface area contributed by atoms with Gasteiger partial charge in [-0.1, -0.05) is 30.3 Å². The number of anilines is 1. The van der Waals surface area contributed by atoms with Crippen LogP contribution in [0.5, 0.6) is 0 Å². The van der Waals surface area contributed by atoms with Crippen LogP contribution in [0.15, 0.2) is 53.2 Å². The second-order valence-electron chi connectivity index (χ2n) is 7.74. The standard InChI is InChI=1S/C23H24N4O3/c1-14-9-12-24-13-18(14)26-20(28)19-16(3)30-21(27-19)15(2)25-22(29)23(10-11-23)17-7-5-4-6-8-17/h4-9,12-13,15H,10-11H2,1-3H3,(H,25,29)(H,26,28)/t15-/m1/s1. The van der Waals surface area contributed by atoms with Crippen LogP contribution in [0.2, 0.25) is 0 Å². The number of carbonyl (C=O) groups excluding carboxylic acids is 2. The average Bonchev–Trinajstić information content (AvgIpc) is 3.46. The summed E-state index contributed by atoms with van der Waals surface area (Å²) >= 11 is 0. The molecule has 1 saturated carbocycles. The van der Waals surface area contributed by atoms with Gasteiger partial charge in [0, 0.05) is 6.20 Å². The molecule has 0 aliphatic heterocycles. The van der Waals surface area contributed by atoms with E-state index in [0.717, 1.165) is 24.0 Å². The van der Waals surface area contributed by atoms with Crippen molar-refractivity contribution in [3.8, 4) is 0 Å². The first-order valence-electron chi connectivity index (χ1n) is 9.96. The van der Waals surface area contributed by atoms with Crippen molar-refractivity contribution in [1.82, 2.24) is 15.3 Å². The molecule has 2 N–H and O–H groups in total. The fourth-order valence-corrected chi connectivity index (χ4v) is 3.51. The van der Waals surface area contributed by atoms with Crippen molar-refractivity contribution < 1.29 is 14.0 Å². The maximum absolute atomic E-state index is 12.9. The maximum atomic E-state index is 12.9. The smallest absolute Gasteiger partial charge is 0.277 e. The highest BCUT2D eigenvalue weighted by atomic mass is 16.4. The van der Waals surface area contributed by atoms with Gasteiger partial charge in [-0.3, -0.25) is 14.6 Å². The molecule has 0 unspecified atom stereocenters. The van der Waals surface area contributed by atoms with E-state index in [1.165, 1.54) is 0 Å². The number of aryl methyl sites for hydroxylation is 2. The van der Waals surface area contributed by atoms with Crippen LogP contribution in [0.4, 0.5) is 5.69 Å². The molecule has 7 heteroatoms. The number of hydrogen-bond acceptors (Lipinski definition) is 5. The molecule has 2 aromatic heterocycles. The second-order valence-corrected chi connectivity index (χ2v) is 7.74. The van der Waals surface area contributed by atoms with Gasteiger partial charge in [0.1, 0.15) is 11.8 Å². The maximum Gasteiger partial charge on any atom is 0.277 e. The molecule has 0 bridgehead atoms. The molecule has 154 valence electrons. The SMILES string of the molecule is Cc1ccncc1NC(=O)c1nc([C@@H](C)NC(=O)C2(c3ccccc3)CC2)oc1C. The second kappa shape index (κ2) is 7.74. The minimum absolute atomic E-state index is 0.0472. The first-order chi connectivity index (χ1) is 14.4. The van der Waals surface area contributed by atoms with Crippen LogP contribution < -0.4 is 10.6 Å². The highest BCUT2D eigenvalue weighted by Crippen LogP contribution is 2.48. The minimum atomic E-state index is -0.477. The molecule has 2 amide bonds. The van der Waals surface area contributed by atoms with Crippen LogP contribution in [0.1, 0.15) is 59.1 Å². The number of aromatic nitrogens is 2. The van der Waals surface area contributed by atoms with Gasteiger partial charge in [-0.15, -0.1) is 0 Å². The summed E-state index contributed by atoms with van der Waals surface area (Å²) in [5.41, 5.74) is 2.25. The third-order valence-corrected chi connectivity index (χ3v) is 5.54. The van der Waals surface area contributed by atoms with Crippen LogP contribution in [-0.2, 0) is 10.2 Å². The Kier molecular flexibility index (Phi) is 5.11. The van der Waals surface area contributed by atoms with Crippen molar-refractivity contribution in [2.45, 2.75) is 45.1 Å². The molecule has 1 aliphatic carbocycles. The summed E-state index contributed by atoms with van der Waals surface area (Å²) in [5.74, 6) is 0.279. The predicted molar refractivity (Wildman–Crippen MR) is 112 cm³/mol. The first kappa shape index (κ1) is 19.8. The molecule has 7 nitrogen and oxygen atoms in total. The Morgan fingerprint density at radius 1 is 1.13 bits per heavy atom. The molecular weight excluding hydrogens is 380 g/mol. The zero-order chi connectivity index (χ0) is 21.3. The molecule has 0 saturated heterocycles. The monoisotopic (exact) mass is 404 g/mol. The van der Waals surface area contributed by atoms with E-state index in [1.54, 1.807) is 26.2 Å². The molecule has 1 aromatic carbocycles. The quantitative estimate of drug-likeness (QED) is 0.650. The largest absolute Gasteiger partial charge is 0.443 e. The van der Waals surface area contributed by atoms with E-state index in [0.29, 0.717) is 17.3 Å². The van der Waals surface area contributed by atoms with Gasteiger partial charge in [0.15, 0.2) is 5.69 Å². The van der Waals surface area contributed by atoms with Gasteiger partial charge in [0.2, 0.25) is 11.8 Å². The summed E-state index contributed by atoms with van der Waals surface area (Å²) in [6.45, 7) is 5.37. The van der Waals surface area contributed by atoms with Gasteiger partial charge in [0.25, 0.3) is 5.91 Å². The van der Waals surface area contributed by atoms with Crippen LogP contribution in [0.3, 0.4) is 0 Å². The van der Waals surface area contributed by atoms with E-state index in [1.807, 2.05) is 43.3 Å². The van der Waals surface area contributed by atoms with Gasteiger partial charge >= 0.3 is 0 Å². The summed E-state index contributed by atoms with van der Waals surface area (Å²) in [4.78, 5) is 34.0. The molecule has 30 heavy (non-hydrogen) atoms. The van der Waals surface area contributed by atoms with E-state index in [-0.39, 0.29) is 17.5 Å². The molecule has 1 aliphatic rings. The molecule has 0 spiro atoms. The van der Waals surface area contributed by atoms with Gasteiger partial charge in [0.05, 0.1) is 17.3 Å². The van der Waals surface area contributed by atoms with Gasteiger partial charge in [-0.25, -0.2) is 4.98 Å². The van der Waals surface area contributed by atoms with E-state index >= 15 is 0 Å². The molecule has 0 radical (unpaired) electrons. The minimum Gasteiger partial charge on any atom is -0.443 e.